The Labute approximate surface area is 90.0 Å². The molecule has 3 amide bonds. The SMILES string of the molecule is CNC(=O)NCCC(=O)NC1CCCC1. The highest BCUT2D eigenvalue weighted by Crippen LogP contribution is 2.17. The van der Waals surface area contributed by atoms with E-state index in [4.69, 9.17) is 0 Å². The molecule has 0 atom stereocenters. The van der Waals surface area contributed by atoms with Gasteiger partial charge in [-0.2, -0.15) is 0 Å². The number of rotatable bonds is 4. The molecular formula is C10H19N3O2. The lowest BCUT2D eigenvalue weighted by molar-refractivity contribution is -0.121. The zero-order valence-electron chi connectivity index (χ0n) is 9.14. The molecule has 0 heterocycles. The van der Waals surface area contributed by atoms with Crippen molar-refractivity contribution in [2.75, 3.05) is 13.6 Å². The lowest BCUT2D eigenvalue weighted by Gasteiger charge is -2.11. The molecule has 1 saturated carbocycles. The molecule has 0 aliphatic heterocycles. The van der Waals surface area contributed by atoms with Crippen LogP contribution < -0.4 is 16.0 Å². The molecule has 5 nitrogen and oxygen atoms in total. The van der Waals surface area contributed by atoms with E-state index in [2.05, 4.69) is 16.0 Å². The Morgan fingerprint density at radius 1 is 1.27 bits per heavy atom. The Morgan fingerprint density at radius 2 is 1.93 bits per heavy atom. The van der Waals surface area contributed by atoms with E-state index in [1.807, 2.05) is 0 Å². The van der Waals surface area contributed by atoms with Crippen LogP contribution in [-0.2, 0) is 4.79 Å². The normalized spacial score (nSPS) is 16.1. The van der Waals surface area contributed by atoms with Crippen LogP contribution in [0.2, 0.25) is 0 Å². The standard InChI is InChI=1S/C10H19N3O2/c1-11-10(15)12-7-6-9(14)13-8-4-2-3-5-8/h8H,2-7H2,1H3,(H,13,14)(H2,11,12,15). The molecule has 0 aromatic rings. The Kier molecular flexibility index (Phi) is 4.93. The van der Waals surface area contributed by atoms with Gasteiger partial charge in [0, 0.05) is 26.1 Å². The molecule has 0 aromatic heterocycles. The van der Waals surface area contributed by atoms with Crippen molar-refractivity contribution in [2.45, 2.75) is 38.1 Å². The van der Waals surface area contributed by atoms with Gasteiger partial charge < -0.3 is 16.0 Å². The number of carbonyl (C=O) groups is 2. The minimum Gasteiger partial charge on any atom is -0.353 e. The van der Waals surface area contributed by atoms with Crippen LogP contribution in [0.4, 0.5) is 4.79 Å². The first-order chi connectivity index (χ1) is 7.22. The average Bonchev–Trinajstić information content (AvgIpc) is 2.70. The van der Waals surface area contributed by atoms with Crippen molar-refractivity contribution >= 4 is 11.9 Å². The van der Waals surface area contributed by atoms with E-state index < -0.39 is 0 Å². The maximum atomic E-state index is 11.4. The molecule has 0 aromatic carbocycles. The first-order valence-electron chi connectivity index (χ1n) is 5.47. The summed E-state index contributed by atoms with van der Waals surface area (Å²) in [6.07, 6.45) is 4.95. The summed E-state index contributed by atoms with van der Waals surface area (Å²) in [4.78, 5) is 22.2. The van der Waals surface area contributed by atoms with Crippen molar-refractivity contribution in [3.8, 4) is 0 Å². The summed E-state index contributed by atoms with van der Waals surface area (Å²) < 4.78 is 0. The molecule has 5 heteroatoms. The van der Waals surface area contributed by atoms with Crippen molar-refractivity contribution in [1.82, 2.24) is 16.0 Å². The van der Waals surface area contributed by atoms with Gasteiger partial charge in [-0.05, 0) is 12.8 Å². The number of hydrogen-bond acceptors (Lipinski definition) is 2. The topological polar surface area (TPSA) is 70.2 Å². The van der Waals surface area contributed by atoms with Crippen molar-refractivity contribution in [1.29, 1.82) is 0 Å². The monoisotopic (exact) mass is 213 g/mol. The lowest BCUT2D eigenvalue weighted by Crippen LogP contribution is -2.38. The lowest BCUT2D eigenvalue weighted by atomic mass is 10.2. The zero-order valence-corrected chi connectivity index (χ0v) is 9.14. The highest BCUT2D eigenvalue weighted by atomic mass is 16.2. The minimum absolute atomic E-state index is 0.0262. The molecule has 1 rings (SSSR count). The summed E-state index contributed by atoms with van der Waals surface area (Å²) in [5.74, 6) is 0.0262. The Bertz CT molecular complexity index is 225. The van der Waals surface area contributed by atoms with Crippen LogP contribution >= 0.6 is 0 Å². The quantitative estimate of drug-likeness (QED) is 0.631. The van der Waals surface area contributed by atoms with Gasteiger partial charge in [-0.25, -0.2) is 4.79 Å². The maximum Gasteiger partial charge on any atom is 0.314 e. The predicted octanol–water partition coefficient (Wildman–Crippen LogP) is 0.364. The van der Waals surface area contributed by atoms with Gasteiger partial charge in [0.15, 0.2) is 0 Å². The number of hydrogen-bond donors (Lipinski definition) is 3. The van der Waals surface area contributed by atoms with Crippen molar-refractivity contribution in [3.63, 3.8) is 0 Å². The maximum absolute atomic E-state index is 11.4. The second-order valence-electron chi connectivity index (χ2n) is 3.80. The second kappa shape index (κ2) is 6.27. The predicted molar refractivity (Wildman–Crippen MR) is 57.5 cm³/mol. The highest BCUT2D eigenvalue weighted by molar-refractivity contribution is 5.78. The fourth-order valence-electron chi connectivity index (χ4n) is 1.75. The van der Waals surface area contributed by atoms with Crippen LogP contribution in [0.1, 0.15) is 32.1 Å². The van der Waals surface area contributed by atoms with Crippen molar-refractivity contribution in [3.05, 3.63) is 0 Å². The molecule has 15 heavy (non-hydrogen) atoms. The van der Waals surface area contributed by atoms with Crippen molar-refractivity contribution in [2.24, 2.45) is 0 Å². The van der Waals surface area contributed by atoms with Gasteiger partial charge in [0.25, 0.3) is 0 Å². The van der Waals surface area contributed by atoms with Gasteiger partial charge in [-0.3, -0.25) is 4.79 Å². The molecule has 0 bridgehead atoms. The molecule has 1 aliphatic carbocycles. The van der Waals surface area contributed by atoms with Gasteiger partial charge >= 0.3 is 6.03 Å². The number of amides is 3. The van der Waals surface area contributed by atoms with E-state index >= 15 is 0 Å². The second-order valence-corrected chi connectivity index (χ2v) is 3.80. The fourth-order valence-corrected chi connectivity index (χ4v) is 1.75. The zero-order chi connectivity index (χ0) is 11.1. The van der Waals surface area contributed by atoms with Gasteiger partial charge in [-0.15, -0.1) is 0 Å². The largest absolute Gasteiger partial charge is 0.353 e. The summed E-state index contributed by atoms with van der Waals surface area (Å²) in [7, 11) is 1.55. The minimum atomic E-state index is -0.247. The third kappa shape index (κ3) is 4.67. The molecule has 86 valence electrons. The number of urea groups is 1. The molecule has 1 fully saturated rings. The van der Waals surface area contributed by atoms with Gasteiger partial charge in [0.1, 0.15) is 0 Å². The van der Waals surface area contributed by atoms with E-state index in [1.54, 1.807) is 7.05 Å². The first kappa shape index (κ1) is 11.8. The molecule has 0 unspecified atom stereocenters. The van der Waals surface area contributed by atoms with Gasteiger partial charge in [0.05, 0.1) is 0 Å². The Morgan fingerprint density at radius 3 is 2.53 bits per heavy atom. The van der Waals surface area contributed by atoms with Crippen LogP contribution in [-0.4, -0.2) is 31.6 Å². The molecule has 0 radical (unpaired) electrons. The molecular weight excluding hydrogens is 194 g/mol. The third-order valence-electron chi connectivity index (χ3n) is 2.58. The van der Waals surface area contributed by atoms with Gasteiger partial charge in [-0.1, -0.05) is 12.8 Å². The van der Waals surface area contributed by atoms with E-state index in [0.717, 1.165) is 12.8 Å². The van der Waals surface area contributed by atoms with Crippen LogP contribution in [0, 0.1) is 0 Å². The van der Waals surface area contributed by atoms with Gasteiger partial charge in [0.2, 0.25) is 5.91 Å². The van der Waals surface area contributed by atoms with E-state index in [0.29, 0.717) is 19.0 Å². The molecule has 1 aliphatic rings. The summed E-state index contributed by atoms with van der Waals surface area (Å²) in [6, 6.07) is 0.112. The van der Waals surface area contributed by atoms with Crippen LogP contribution in [0.15, 0.2) is 0 Å². The molecule has 3 N–H and O–H groups in total. The summed E-state index contributed by atoms with van der Waals surface area (Å²) >= 11 is 0. The molecule has 0 spiro atoms. The highest BCUT2D eigenvalue weighted by Gasteiger charge is 2.16. The van der Waals surface area contributed by atoms with Crippen LogP contribution in [0.5, 0.6) is 0 Å². The molecule has 0 saturated heterocycles. The summed E-state index contributed by atoms with van der Waals surface area (Å²) in [6.45, 7) is 0.387. The number of nitrogens with one attached hydrogen (secondary N) is 3. The van der Waals surface area contributed by atoms with E-state index in [1.165, 1.54) is 12.8 Å². The Hall–Kier alpha value is -1.26. The van der Waals surface area contributed by atoms with Crippen molar-refractivity contribution < 1.29 is 9.59 Å². The number of carbonyl (C=O) groups excluding carboxylic acids is 2. The van der Waals surface area contributed by atoms with E-state index in [-0.39, 0.29) is 11.9 Å². The first-order valence-corrected chi connectivity index (χ1v) is 5.47. The fraction of sp³-hybridized carbons (Fsp3) is 0.800. The summed E-state index contributed by atoms with van der Waals surface area (Å²) in [5, 5.41) is 7.97. The van der Waals surface area contributed by atoms with Crippen LogP contribution in [0.3, 0.4) is 0 Å². The van der Waals surface area contributed by atoms with E-state index in [9.17, 15) is 9.59 Å². The smallest absolute Gasteiger partial charge is 0.314 e. The average molecular weight is 213 g/mol. The third-order valence-corrected chi connectivity index (χ3v) is 2.58. The Balaban J connectivity index is 2.05. The van der Waals surface area contributed by atoms with Crippen LogP contribution in [0.25, 0.3) is 0 Å². The summed E-state index contributed by atoms with van der Waals surface area (Å²) in [5.41, 5.74) is 0.